The molecule has 1 N–H and O–H groups in total. The van der Waals surface area contributed by atoms with E-state index in [1.807, 2.05) is 29.6 Å². The topological polar surface area (TPSA) is 50.4 Å². The normalized spacial score (nSPS) is 20.4. The molecule has 1 aromatic carbocycles. The Morgan fingerprint density at radius 3 is 2.80 bits per heavy atom. The maximum Gasteiger partial charge on any atom is 0.339 e. The molecule has 20 heavy (non-hydrogen) atoms. The fourth-order valence-electron chi connectivity index (χ4n) is 3.17. The summed E-state index contributed by atoms with van der Waals surface area (Å²) in [5.74, 6) is 2.48. The van der Waals surface area contributed by atoms with Gasteiger partial charge in [-0.25, -0.2) is 4.79 Å². The lowest BCUT2D eigenvalue weighted by atomic mass is 9.90. The van der Waals surface area contributed by atoms with Crippen LogP contribution in [0.4, 0.5) is 0 Å². The summed E-state index contributed by atoms with van der Waals surface area (Å²) in [5.41, 5.74) is 2.23. The quantitative estimate of drug-likeness (QED) is 0.758. The molecule has 0 radical (unpaired) electrons. The number of aromatic hydroxyl groups is 1. The van der Waals surface area contributed by atoms with Gasteiger partial charge in [-0.15, -0.1) is 23.5 Å². The zero-order chi connectivity index (χ0) is 13.7. The molecule has 4 rings (SSSR count). The Morgan fingerprint density at radius 2 is 2.00 bits per heavy atom. The molecule has 2 heterocycles. The predicted molar refractivity (Wildman–Crippen MR) is 83.8 cm³/mol. The van der Waals surface area contributed by atoms with Crippen molar-refractivity contribution in [2.24, 2.45) is 0 Å². The molecule has 1 fully saturated rings. The standard InChI is InChI=1S/C15H14O3S2/c16-9-1-2-11-10-3-4-15(19-5-6-20-15)8-12(10)14(17)18-13(11)7-9/h1-2,7,16H,3-6,8H2. The van der Waals surface area contributed by atoms with E-state index < -0.39 is 0 Å². The summed E-state index contributed by atoms with van der Waals surface area (Å²) in [5, 5.41) is 10.5. The summed E-state index contributed by atoms with van der Waals surface area (Å²) in [7, 11) is 0. The van der Waals surface area contributed by atoms with Crippen LogP contribution in [0.25, 0.3) is 11.0 Å². The molecule has 1 aliphatic carbocycles. The fraction of sp³-hybridized carbons (Fsp3) is 0.400. The number of hydrogen-bond acceptors (Lipinski definition) is 5. The molecule has 104 valence electrons. The summed E-state index contributed by atoms with van der Waals surface area (Å²) >= 11 is 3.98. The number of hydrogen-bond donors (Lipinski definition) is 1. The first-order chi connectivity index (χ1) is 9.67. The molecule has 1 aromatic heterocycles. The number of phenols is 1. The highest BCUT2D eigenvalue weighted by atomic mass is 32.2. The van der Waals surface area contributed by atoms with Crippen molar-refractivity contribution in [3.63, 3.8) is 0 Å². The van der Waals surface area contributed by atoms with Gasteiger partial charge in [0.1, 0.15) is 11.3 Å². The van der Waals surface area contributed by atoms with Crippen molar-refractivity contribution in [1.29, 1.82) is 0 Å². The third-order valence-corrected chi connectivity index (χ3v) is 7.65. The van der Waals surface area contributed by atoms with E-state index in [9.17, 15) is 9.90 Å². The van der Waals surface area contributed by atoms with Gasteiger partial charge in [0.15, 0.2) is 0 Å². The molecular formula is C15H14O3S2. The SMILES string of the molecule is O=c1oc2cc(O)ccc2c2c1CC1(CC2)SCCS1. The third kappa shape index (κ3) is 1.87. The van der Waals surface area contributed by atoms with Crippen LogP contribution in [-0.4, -0.2) is 20.7 Å². The molecule has 0 saturated carbocycles. The lowest BCUT2D eigenvalue weighted by Crippen LogP contribution is -2.31. The number of thioether (sulfide) groups is 2. The molecule has 1 aliphatic heterocycles. The molecule has 1 spiro atoms. The minimum absolute atomic E-state index is 0.134. The lowest BCUT2D eigenvalue weighted by molar-refractivity contribution is 0.472. The van der Waals surface area contributed by atoms with Gasteiger partial charge in [0.05, 0.1) is 4.08 Å². The van der Waals surface area contributed by atoms with Crippen LogP contribution in [0.5, 0.6) is 5.75 Å². The molecular weight excluding hydrogens is 292 g/mol. The van der Waals surface area contributed by atoms with E-state index in [0.717, 1.165) is 35.8 Å². The molecule has 0 unspecified atom stereocenters. The highest BCUT2D eigenvalue weighted by Gasteiger charge is 2.40. The van der Waals surface area contributed by atoms with Crippen LogP contribution >= 0.6 is 23.5 Å². The zero-order valence-corrected chi connectivity index (χ0v) is 12.5. The van der Waals surface area contributed by atoms with Crippen LogP contribution in [0, 0.1) is 0 Å². The number of phenolic OH excluding ortho intramolecular Hbond substituents is 1. The number of fused-ring (bicyclic) bond motifs is 3. The van der Waals surface area contributed by atoms with E-state index in [1.165, 1.54) is 17.6 Å². The first-order valence-corrected chi connectivity index (χ1v) is 8.70. The van der Waals surface area contributed by atoms with Crippen molar-refractivity contribution in [1.82, 2.24) is 0 Å². The minimum atomic E-state index is -0.231. The van der Waals surface area contributed by atoms with Gasteiger partial charge in [0.25, 0.3) is 0 Å². The molecule has 0 amide bonds. The van der Waals surface area contributed by atoms with Crippen LogP contribution in [0.2, 0.25) is 0 Å². The maximum absolute atomic E-state index is 12.3. The molecule has 3 nitrogen and oxygen atoms in total. The smallest absolute Gasteiger partial charge is 0.339 e. The van der Waals surface area contributed by atoms with Gasteiger partial charge < -0.3 is 9.52 Å². The first-order valence-electron chi connectivity index (χ1n) is 6.72. The van der Waals surface area contributed by atoms with Crippen molar-refractivity contribution in [2.45, 2.75) is 23.3 Å². The number of aryl methyl sites for hydroxylation is 1. The highest BCUT2D eigenvalue weighted by molar-refractivity contribution is 8.21. The largest absolute Gasteiger partial charge is 0.508 e. The summed E-state index contributed by atoms with van der Waals surface area (Å²) in [4.78, 5) is 12.3. The van der Waals surface area contributed by atoms with Crippen molar-refractivity contribution < 1.29 is 9.52 Å². The monoisotopic (exact) mass is 306 g/mol. The van der Waals surface area contributed by atoms with Gasteiger partial charge in [-0.2, -0.15) is 0 Å². The van der Waals surface area contributed by atoms with Crippen molar-refractivity contribution >= 4 is 34.5 Å². The van der Waals surface area contributed by atoms with E-state index in [-0.39, 0.29) is 15.5 Å². The second-order valence-corrected chi connectivity index (χ2v) is 8.53. The van der Waals surface area contributed by atoms with E-state index in [0.29, 0.717) is 5.58 Å². The zero-order valence-electron chi connectivity index (χ0n) is 10.8. The molecule has 0 atom stereocenters. The average Bonchev–Trinajstić information content (AvgIpc) is 2.87. The Bertz CT molecular complexity index is 745. The highest BCUT2D eigenvalue weighted by Crippen LogP contribution is 2.51. The minimum Gasteiger partial charge on any atom is -0.508 e. The van der Waals surface area contributed by atoms with Gasteiger partial charge in [-0.3, -0.25) is 0 Å². The second-order valence-electron chi connectivity index (χ2n) is 5.31. The number of benzene rings is 1. The van der Waals surface area contributed by atoms with E-state index >= 15 is 0 Å². The van der Waals surface area contributed by atoms with Crippen LogP contribution in [0.15, 0.2) is 27.4 Å². The van der Waals surface area contributed by atoms with Crippen molar-refractivity contribution in [3.05, 3.63) is 39.7 Å². The van der Waals surface area contributed by atoms with Crippen LogP contribution < -0.4 is 5.63 Å². The van der Waals surface area contributed by atoms with E-state index in [2.05, 4.69) is 0 Å². The fourth-order valence-corrected chi connectivity index (χ4v) is 6.40. The average molecular weight is 306 g/mol. The Balaban J connectivity index is 1.91. The molecule has 0 bridgehead atoms. The number of rotatable bonds is 0. The van der Waals surface area contributed by atoms with Gasteiger partial charge >= 0.3 is 5.63 Å². The Hall–Kier alpha value is -1.07. The Kier molecular flexibility index (Phi) is 2.82. The van der Waals surface area contributed by atoms with Crippen molar-refractivity contribution in [2.75, 3.05) is 11.5 Å². The lowest BCUT2D eigenvalue weighted by Gasteiger charge is -2.32. The Labute approximate surface area is 124 Å². The summed E-state index contributed by atoms with van der Waals surface area (Å²) in [6.45, 7) is 0. The maximum atomic E-state index is 12.3. The Morgan fingerprint density at radius 1 is 1.20 bits per heavy atom. The molecule has 1 saturated heterocycles. The molecule has 2 aliphatic rings. The van der Waals surface area contributed by atoms with Gasteiger partial charge in [-0.05, 0) is 30.5 Å². The van der Waals surface area contributed by atoms with Gasteiger partial charge in [-0.1, -0.05) is 0 Å². The van der Waals surface area contributed by atoms with E-state index in [4.69, 9.17) is 4.42 Å². The van der Waals surface area contributed by atoms with Crippen LogP contribution in [0.3, 0.4) is 0 Å². The predicted octanol–water partition coefficient (Wildman–Crippen LogP) is 3.16. The summed E-state index contributed by atoms with van der Waals surface area (Å²) in [6, 6.07) is 5.05. The third-order valence-electron chi connectivity index (χ3n) is 4.12. The first kappa shape index (κ1) is 12.7. The van der Waals surface area contributed by atoms with Crippen molar-refractivity contribution in [3.8, 4) is 5.75 Å². The summed E-state index contributed by atoms with van der Waals surface area (Å²) in [6.07, 6.45) is 2.83. The molecule has 5 heteroatoms. The second kappa shape index (κ2) is 4.46. The van der Waals surface area contributed by atoms with Gasteiger partial charge in [0, 0.05) is 34.9 Å². The molecule has 2 aromatic rings. The van der Waals surface area contributed by atoms with Gasteiger partial charge in [0.2, 0.25) is 0 Å². The van der Waals surface area contributed by atoms with E-state index in [1.54, 1.807) is 6.07 Å². The van der Waals surface area contributed by atoms with Crippen LogP contribution in [0.1, 0.15) is 17.5 Å². The van der Waals surface area contributed by atoms with Crippen LogP contribution in [-0.2, 0) is 12.8 Å². The summed E-state index contributed by atoms with van der Waals surface area (Å²) < 4.78 is 5.60.